The number of benzene rings is 1. The van der Waals surface area contributed by atoms with Crippen molar-refractivity contribution in [1.29, 1.82) is 0 Å². The third-order valence-electron chi connectivity index (χ3n) is 6.23. The third-order valence-corrected chi connectivity index (χ3v) is 6.23. The van der Waals surface area contributed by atoms with Crippen LogP contribution < -0.4 is 21.7 Å². The first-order valence-electron chi connectivity index (χ1n) is 12.8. The normalized spacial score (nSPS) is 13.5. The fourth-order valence-electron chi connectivity index (χ4n) is 4.22. The number of aliphatic imine (C=N–C) groups is 1. The highest BCUT2D eigenvalue weighted by Crippen LogP contribution is 2.29. The Morgan fingerprint density at radius 1 is 1.03 bits per heavy atom. The second-order valence-electron chi connectivity index (χ2n) is 11.4. The van der Waals surface area contributed by atoms with Crippen LogP contribution in [-0.2, 0) is 0 Å². The fraction of sp³-hybridized carbons (Fsp3) is 0.467. The molecule has 0 fully saturated rings. The Hall–Kier alpha value is -3.48. The number of anilines is 3. The molecule has 1 heterocycles. The Balaban J connectivity index is 2.35. The molecule has 0 aliphatic carbocycles. The standard InChI is InChI=1S/C30H47N7/c1-18-13-14-24(16-25(18)29(32-10)37(11)12)35-28-26(21(4)31)15-19(2)27(36-28)34-23(6)22(5)33-20(3)17-30(7,8)9/h13-16,22-23,33H,3-4,17,31H2,1-2,5-12H3,(H2,34,35,36)/b32-29+. The first kappa shape index (κ1) is 29.7. The minimum absolute atomic E-state index is 0.108. The number of rotatable bonds is 10. The molecule has 0 spiro atoms. The average molecular weight is 506 g/mol. The number of amidine groups is 1. The van der Waals surface area contributed by atoms with Crippen LogP contribution in [0.5, 0.6) is 0 Å². The average Bonchev–Trinajstić information content (AvgIpc) is 2.76. The molecule has 0 aliphatic rings. The molecular weight excluding hydrogens is 458 g/mol. The number of allylic oxidation sites excluding steroid dienone is 1. The lowest BCUT2D eigenvalue weighted by atomic mass is 9.90. The Morgan fingerprint density at radius 2 is 1.68 bits per heavy atom. The highest BCUT2D eigenvalue weighted by Gasteiger charge is 2.19. The number of nitrogens with one attached hydrogen (secondary N) is 3. The molecule has 1 aromatic heterocycles. The molecule has 0 bridgehead atoms. The fourth-order valence-corrected chi connectivity index (χ4v) is 4.22. The van der Waals surface area contributed by atoms with E-state index in [9.17, 15) is 0 Å². The Morgan fingerprint density at radius 3 is 2.22 bits per heavy atom. The predicted octanol–water partition coefficient (Wildman–Crippen LogP) is 6.04. The lowest BCUT2D eigenvalue weighted by molar-refractivity contribution is 0.388. The molecule has 0 aliphatic heterocycles. The highest BCUT2D eigenvalue weighted by molar-refractivity contribution is 6.00. The van der Waals surface area contributed by atoms with Gasteiger partial charge in [0.05, 0.1) is 0 Å². The van der Waals surface area contributed by atoms with E-state index in [1.54, 1.807) is 7.05 Å². The maximum absolute atomic E-state index is 6.16. The van der Waals surface area contributed by atoms with E-state index in [0.29, 0.717) is 11.5 Å². The predicted molar refractivity (Wildman–Crippen MR) is 162 cm³/mol. The molecule has 0 saturated heterocycles. The van der Waals surface area contributed by atoms with Gasteiger partial charge in [-0.25, -0.2) is 4.98 Å². The zero-order valence-electron chi connectivity index (χ0n) is 24.5. The van der Waals surface area contributed by atoms with Crippen molar-refractivity contribution < 1.29 is 0 Å². The van der Waals surface area contributed by atoms with Crippen molar-refractivity contribution in [1.82, 2.24) is 15.2 Å². The van der Waals surface area contributed by atoms with Crippen LogP contribution in [0.4, 0.5) is 17.3 Å². The Labute approximate surface area is 224 Å². The summed E-state index contributed by atoms with van der Waals surface area (Å²) in [7, 11) is 5.79. The summed E-state index contributed by atoms with van der Waals surface area (Å²) in [6.45, 7) is 23.3. The van der Waals surface area contributed by atoms with Gasteiger partial charge in [0.1, 0.15) is 17.5 Å². The van der Waals surface area contributed by atoms with Crippen molar-refractivity contribution in [2.24, 2.45) is 16.1 Å². The minimum Gasteiger partial charge on any atom is -0.399 e. The SMILES string of the molecule is C=C(CC(C)(C)C)NC(C)C(C)Nc1nc(Nc2ccc(C)c(/C(=N\C)N(C)C)c2)c(C(=C)N)cc1C. The zero-order chi connectivity index (χ0) is 28.1. The zero-order valence-corrected chi connectivity index (χ0v) is 24.5. The van der Waals surface area contributed by atoms with Gasteiger partial charge in [-0.05, 0) is 68.9 Å². The van der Waals surface area contributed by atoms with E-state index in [1.165, 1.54) is 0 Å². The van der Waals surface area contributed by atoms with Gasteiger partial charge >= 0.3 is 0 Å². The molecule has 1 aromatic carbocycles. The van der Waals surface area contributed by atoms with E-state index < -0.39 is 0 Å². The third kappa shape index (κ3) is 8.27. The maximum atomic E-state index is 6.16. The molecule has 7 nitrogen and oxygen atoms in total. The van der Waals surface area contributed by atoms with Gasteiger partial charge in [-0.2, -0.15) is 0 Å². The number of nitrogens with two attached hydrogens (primary N) is 1. The molecule has 202 valence electrons. The quantitative estimate of drug-likeness (QED) is 0.233. The van der Waals surface area contributed by atoms with Crippen LogP contribution in [0.25, 0.3) is 5.70 Å². The summed E-state index contributed by atoms with van der Waals surface area (Å²) in [5.41, 5.74) is 12.7. The van der Waals surface area contributed by atoms with Crippen LogP contribution in [0.3, 0.4) is 0 Å². The Bertz CT molecular complexity index is 1160. The molecule has 2 unspecified atom stereocenters. The summed E-state index contributed by atoms with van der Waals surface area (Å²) in [6, 6.07) is 8.50. The molecule has 37 heavy (non-hydrogen) atoms. The smallest absolute Gasteiger partial charge is 0.142 e. The highest BCUT2D eigenvalue weighted by atomic mass is 15.1. The van der Waals surface area contributed by atoms with Crippen molar-refractivity contribution in [2.75, 3.05) is 31.8 Å². The van der Waals surface area contributed by atoms with Crippen LogP contribution in [0.2, 0.25) is 0 Å². The van der Waals surface area contributed by atoms with Crippen LogP contribution in [0.15, 0.2) is 48.1 Å². The summed E-state index contributed by atoms with van der Waals surface area (Å²) in [5, 5.41) is 10.6. The summed E-state index contributed by atoms with van der Waals surface area (Å²) >= 11 is 0. The molecule has 7 heteroatoms. The lowest BCUT2D eigenvalue weighted by Crippen LogP contribution is -2.40. The second-order valence-corrected chi connectivity index (χ2v) is 11.4. The van der Waals surface area contributed by atoms with Gasteiger partial charge in [0.15, 0.2) is 0 Å². The number of nitrogens with zero attached hydrogens (tertiary/aromatic N) is 3. The van der Waals surface area contributed by atoms with Gasteiger partial charge in [0, 0.05) is 61.4 Å². The lowest BCUT2D eigenvalue weighted by Gasteiger charge is -2.28. The van der Waals surface area contributed by atoms with Gasteiger partial charge < -0.3 is 26.6 Å². The monoisotopic (exact) mass is 505 g/mol. The van der Waals surface area contributed by atoms with Crippen LogP contribution in [0, 0.1) is 19.3 Å². The number of hydrogen-bond donors (Lipinski definition) is 4. The van der Waals surface area contributed by atoms with E-state index in [1.807, 2.05) is 38.1 Å². The van der Waals surface area contributed by atoms with Crippen molar-refractivity contribution in [3.8, 4) is 0 Å². The first-order chi connectivity index (χ1) is 17.1. The molecule has 5 N–H and O–H groups in total. The molecule has 0 radical (unpaired) electrons. The van der Waals surface area contributed by atoms with Crippen molar-refractivity contribution >= 4 is 28.9 Å². The minimum atomic E-state index is 0.108. The summed E-state index contributed by atoms with van der Waals surface area (Å²) in [5.74, 6) is 2.36. The largest absolute Gasteiger partial charge is 0.399 e. The maximum Gasteiger partial charge on any atom is 0.142 e. The molecule has 2 atom stereocenters. The van der Waals surface area contributed by atoms with Crippen LogP contribution in [0.1, 0.15) is 63.3 Å². The summed E-state index contributed by atoms with van der Waals surface area (Å²) < 4.78 is 0. The van der Waals surface area contributed by atoms with Crippen LogP contribution >= 0.6 is 0 Å². The van der Waals surface area contributed by atoms with Gasteiger partial charge in [-0.1, -0.05) is 40.0 Å². The van der Waals surface area contributed by atoms with E-state index in [0.717, 1.165) is 51.7 Å². The Kier molecular flexibility index (Phi) is 9.79. The topological polar surface area (TPSA) is 90.6 Å². The molecule has 0 amide bonds. The number of pyridine rings is 1. The summed E-state index contributed by atoms with van der Waals surface area (Å²) in [4.78, 5) is 11.4. The van der Waals surface area contributed by atoms with Gasteiger partial charge in [0.25, 0.3) is 0 Å². The van der Waals surface area contributed by atoms with Crippen molar-refractivity contribution in [3.63, 3.8) is 0 Å². The van der Waals surface area contributed by atoms with E-state index in [2.05, 4.69) is 87.8 Å². The molecule has 0 saturated carbocycles. The van der Waals surface area contributed by atoms with Gasteiger partial charge in [-0.3, -0.25) is 4.99 Å². The van der Waals surface area contributed by atoms with Gasteiger partial charge in [-0.15, -0.1) is 0 Å². The van der Waals surface area contributed by atoms with E-state index in [4.69, 9.17) is 10.7 Å². The molecular formula is C30H47N7. The number of hydrogen-bond acceptors (Lipinski definition) is 6. The summed E-state index contributed by atoms with van der Waals surface area (Å²) in [6.07, 6.45) is 0.916. The molecule has 2 aromatic rings. The molecule has 2 rings (SSSR count). The number of aromatic nitrogens is 1. The van der Waals surface area contributed by atoms with E-state index >= 15 is 0 Å². The van der Waals surface area contributed by atoms with Crippen molar-refractivity contribution in [3.05, 3.63) is 65.4 Å². The number of aryl methyl sites for hydroxylation is 2. The van der Waals surface area contributed by atoms with E-state index in [-0.39, 0.29) is 17.5 Å². The van der Waals surface area contributed by atoms with Crippen molar-refractivity contribution in [2.45, 2.75) is 67.0 Å². The van der Waals surface area contributed by atoms with Gasteiger partial charge in [0.2, 0.25) is 0 Å². The van der Waals surface area contributed by atoms with Crippen LogP contribution in [-0.4, -0.2) is 48.9 Å². The first-order valence-corrected chi connectivity index (χ1v) is 12.8. The second kappa shape index (κ2) is 12.2.